The van der Waals surface area contributed by atoms with Gasteiger partial charge in [0.05, 0.1) is 18.4 Å². The van der Waals surface area contributed by atoms with E-state index in [1.165, 1.54) is 11.3 Å². The van der Waals surface area contributed by atoms with Gasteiger partial charge < -0.3 is 4.90 Å². The second kappa shape index (κ2) is 4.73. The number of aromatic nitrogens is 2. The van der Waals surface area contributed by atoms with Crippen molar-refractivity contribution < 1.29 is 0 Å². The summed E-state index contributed by atoms with van der Waals surface area (Å²) in [6, 6.07) is 7.89. The quantitative estimate of drug-likeness (QED) is 0.809. The third-order valence-corrected chi connectivity index (χ3v) is 3.07. The van der Waals surface area contributed by atoms with Gasteiger partial charge in [-0.15, -0.1) is 0 Å². The van der Waals surface area contributed by atoms with Crippen molar-refractivity contribution >= 4 is 16.5 Å². The predicted octanol–water partition coefficient (Wildman–Crippen LogP) is 2.05. The topological polar surface area (TPSA) is 52.8 Å². The SMILES string of the molecule is CN(Cc1ccccn1)c1ncc(C#N)s1. The molecule has 0 N–H and O–H groups in total. The highest BCUT2D eigenvalue weighted by molar-refractivity contribution is 7.16. The molecule has 0 atom stereocenters. The standard InChI is InChI=1S/C11H10N4S/c1-15(8-9-4-2-3-5-13-9)11-14-7-10(6-12)16-11/h2-5,7H,8H2,1H3. The van der Waals surface area contributed by atoms with Gasteiger partial charge in [-0.25, -0.2) is 4.98 Å². The Labute approximate surface area is 97.8 Å². The molecule has 5 heteroatoms. The van der Waals surface area contributed by atoms with Crippen molar-refractivity contribution in [3.8, 4) is 6.07 Å². The molecule has 0 aliphatic heterocycles. The first kappa shape index (κ1) is 10.6. The highest BCUT2D eigenvalue weighted by Crippen LogP contribution is 2.21. The molecule has 0 radical (unpaired) electrons. The predicted molar refractivity (Wildman–Crippen MR) is 63.2 cm³/mol. The van der Waals surface area contributed by atoms with E-state index < -0.39 is 0 Å². The Hall–Kier alpha value is -1.93. The lowest BCUT2D eigenvalue weighted by atomic mass is 10.3. The Balaban J connectivity index is 2.09. The summed E-state index contributed by atoms with van der Waals surface area (Å²) in [5.41, 5.74) is 0.985. The zero-order valence-electron chi connectivity index (χ0n) is 8.79. The van der Waals surface area contributed by atoms with E-state index in [0.29, 0.717) is 11.4 Å². The fourth-order valence-corrected chi connectivity index (χ4v) is 1.97. The van der Waals surface area contributed by atoms with Crippen LogP contribution in [0.1, 0.15) is 10.6 Å². The number of hydrogen-bond acceptors (Lipinski definition) is 5. The van der Waals surface area contributed by atoms with Gasteiger partial charge in [0, 0.05) is 13.2 Å². The highest BCUT2D eigenvalue weighted by atomic mass is 32.1. The van der Waals surface area contributed by atoms with E-state index in [2.05, 4.69) is 16.0 Å². The molecule has 2 aromatic heterocycles. The van der Waals surface area contributed by atoms with Crippen LogP contribution in [0.4, 0.5) is 5.13 Å². The van der Waals surface area contributed by atoms with Crippen molar-refractivity contribution in [3.63, 3.8) is 0 Å². The molecule has 0 spiro atoms. The first-order chi connectivity index (χ1) is 7.79. The molecule has 0 amide bonds. The molecular formula is C11H10N4S. The molecule has 0 aliphatic rings. The van der Waals surface area contributed by atoms with Crippen LogP contribution >= 0.6 is 11.3 Å². The molecule has 0 bridgehead atoms. The van der Waals surface area contributed by atoms with Crippen molar-refractivity contribution in [2.45, 2.75) is 6.54 Å². The molecule has 0 unspecified atom stereocenters. The Bertz CT molecular complexity index is 500. The van der Waals surface area contributed by atoms with Crippen LogP contribution in [-0.2, 0) is 6.54 Å². The van der Waals surface area contributed by atoms with E-state index in [1.54, 1.807) is 12.4 Å². The molecule has 80 valence electrons. The molecule has 0 saturated heterocycles. The smallest absolute Gasteiger partial charge is 0.186 e. The maximum atomic E-state index is 8.71. The minimum atomic E-state index is 0.628. The van der Waals surface area contributed by atoms with Crippen molar-refractivity contribution in [1.82, 2.24) is 9.97 Å². The zero-order valence-corrected chi connectivity index (χ0v) is 9.61. The molecule has 2 rings (SSSR count). The van der Waals surface area contributed by atoms with Gasteiger partial charge in [0.1, 0.15) is 10.9 Å². The summed E-state index contributed by atoms with van der Waals surface area (Å²) in [6.45, 7) is 0.694. The Kier molecular flexibility index (Phi) is 3.13. The lowest BCUT2D eigenvalue weighted by Gasteiger charge is -2.14. The lowest BCUT2D eigenvalue weighted by Crippen LogP contribution is -2.16. The summed E-state index contributed by atoms with van der Waals surface area (Å²) in [5, 5.41) is 9.55. The van der Waals surface area contributed by atoms with Gasteiger partial charge in [-0.1, -0.05) is 17.4 Å². The normalized spacial score (nSPS) is 9.75. The molecule has 2 heterocycles. The van der Waals surface area contributed by atoms with Crippen LogP contribution in [-0.4, -0.2) is 17.0 Å². The molecule has 16 heavy (non-hydrogen) atoms. The van der Waals surface area contributed by atoms with E-state index in [4.69, 9.17) is 5.26 Å². The minimum Gasteiger partial charge on any atom is -0.345 e. The summed E-state index contributed by atoms with van der Waals surface area (Å²) < 4.78 is 0. The summed E-state index contributed by atoms with van der Waals surface area (Å²) >= 11 is 1.39. The van der Waals surface area contributed by atoms with E-state index in [1.807, 2.05) is 30.1 Å². The van der Waals surface area contributed by atoms with Gasteiger partial charge in [0.2, 0.25) is 0 Å². The summed E-state index contributed by atoms with van der Waals surface area (Å²) in [7, 11) is 1.94. The van der Waals surface area contributed by atoms with E-state index in [9.17, 15) is 0 Å². The fourth-order valence-electron chi connectivity index (χ4n) is 1.30. The van der Waals surface area contributed by atoms with Crippen LogP contribution in [0.5, 0.6) is 0 Å². The Morgan fingerprint density at radius 3 is 2.94 bits per heavy atom. The number of thiazole rings is 1. The molecule has 0 fully saturated rings. The molecule has 0 aromatic carbocycles. The Morgan fingerprint density at radius 2 is 2.31 bits per heavy atom. The second-order valence-electron chi connectivity index (χ2n) is 3.30. The van der Waals surface area contributed by atoms with Gasteiger partial charge in [0.25, 0.3) is 0 Å². The van der Waals surface area contributed by atoms with Gasteiger partial charge in [0.15, 0.2) is 5.13 Å². The largest absolute Gasteiger partial charge is 0.345 e. The van der Waals surface area contributed by atoms with E-state index >= 15 is 0 Å². The molecule has 0 aliphatic carbocycles. The number of nitrogens with zero attached hydrogens (tertiary/aromatic N) is 4. The second-order valence-corrected chi connectivity index (χ2v) is 4.31. The van der Waals surface area contributed by atoms with Crippen LogP contribution in [0.2, 0.25) is 0 Å². The number of nitriles is 1. The minimum absolute atomic E-state index is 0.628. The number of pyridine rings is 1. The summed E-state index contributed by atoms with van der Waals surface area (Å²) in [4.78, 5) is 11.0. The van der Waals surface area contributed by atoms with Crippen molar-refractivity contribution in [2.24, 2.45) is 0 Å². The zero-order chi connectivity index (χ0) is 11.4. The maximum absolute atomic E-state index is 8.71. The fraction of sp³-hybridized carbons (Fsp3) is 0.182. The van der Waals surface area contributed by atoms with Gasteiger partial charge in [-0.05, 0) is 12.1 Å². The van der Waals surface area contributed by atoms with Crippen LogP contribution < -0.4 is 4.90 Å². The third-order valence-electron chi connectivity index (χ3n) is 2.06. The maximum Gasteiger partial charge on any atom is 0.186 e. The first-order valence-electron chi connectivity index (χ1n) is 4.76. The summed E-state index contributed by atoms with van der Waals surface area (Å²) in [6.07, 6.45) is 3.36. The monoisotopic (exact) mass is 230 g/mol. The van der Waals surface area contributed by atoms with Gasteiger partial charge >= 0.3 is 0 Å². The summed E-state index contributed by atoms with van der Waals surface area (Å²) in [5.74, 6) is 0. The van der Waals surface area contributed by atoms with Crippen molar-refractivity contribution in [3.05, 3.63) is 41.2 Å². The van der Waals surface area contributed by atoms with Gasteiger partial charge in [-0.3, -0.25) is 4.98 Å². The van der Waals surface area contributed by atoms with Gasteiger partial charge in [-0.2, -0.15) is 5.26 Å². The number of hydrogen-bond donors (Lipinski definition) is 0. The van der Waals surface area contributed by atoms with Crippen LogP contribution in [0.3, 0.4) is 0 Å². The average Bonchev–Trinajstić information content (AvgIpc) is 2.79. The molecule has 2 aromatic rings. The number of rotatable bonds is 3. The molecule has 0 saturated carbocycles. The van der Waals surface area contributed by atoms with Crippen LogP contribution in [0.25, 0.3) is 0 Å². The lowest BCUT2D eigenvalue weighted by molar-refractivity contribution is 0.879. The highest BCUT2D eigenvalue weighted by Gasteiger charge is 2.07. The average molecular weight is 230 g/mol. The first-order valence-corrected chi connectivity index (χ1v) is 5.58. The third kappa shape index (κ3) is 2.35. The van der Waals surface area contributed by atoms with Crippen LogP contribution in [0, 0.1) is 11.3 Å². The Morgan fingerprint density at radius 1 is 1.44 bits per heavy atom. The van der Waals surface area contributed by atoms with Crippen molar-refractivity contribution in [1.29, 1.82) is 5.26 Å². The number of anilines is 1. The molecular weight excluding hydrogens is 220 g/mol. The van der Waals surface area contributed by atoms with E-state index in [-0.39, 0.29) is 0 Å². The van der Waals surface area contributed by atoms with Crippen LogP contribution in [0.15, 0.2) is 30.6 Å². The molecule has 4 nitrogen and oxygen atoms in total. The van der Waals surface area contributed by atoms with Crippen molar-refractivity contribution in [2.75, 3.05) is 11.9 Å². The van der Waals surface area contributed by atoms with E-state index in [0.717, 1.165) is 10.8 Å².